The first-order chi connectivity index (χ1) is 20.3. The van der Waals surface area contributed by atoms with Crippen LogP contribution < -0.4 is 10.2 Å². The van der Waals surface area contributed by atoms with Crippen molar-refractivity contribution in [2.75, 3.05) is 16.8 Å². The lowest BCUT2D eigenvalue weighted by molar-refractivity contribution is -0.154. The SMILES string of the molecule is CC(=O)OC1CC(=O)N1c1ccc2c(c1)[C@]1(O[C@@H](CC(=O)N3Cc4ccccc4C[C@H]3CO)[C@H]([Si](C)(C)O)[C@H]1C)C(=O)N2. The lowest BCUT2D eigenvalue weighted by atomic mass is 9.82. The van der Waals surface area contributed by atoms with Gasteiger partial charge in [-0.05, 0) is 48.8 Å². The number of amides is 3. The largest absolute Gasteiger partial charge is 0.441 e. The van der Waals surface area contributed by atoms with E-state index in [0.717, 1.165) is 11.1 Å². The molecule has 1 unspecified atom stereocenters. The van der Waals surface area contributed by atoms with Gasteiger partial charge in [-0.3, -0.25) is 24.1 Å². The van der Waals surface area contributed by atoms with Crippen molar-refractivity contribution in [3.63, 3.8) is 0 Å². The first kappa shape index (κ1) is 29.5. The van der Waals surface area contributed by atoms with E-state index in [1.807, 2.05) is 31.2 Å². The maximum Gasteiger partial charge on any atom is 0.304 e. The van der Waals surface area contributed by atoms with E-state index in [-0.39, 0.29) is 37.3 Å². The minimum Gasteiger partial charge on any atom is -0.441 e. The maximum absolute atomic E-state index is 13.9. The smallest absolute Gasteiger partial charge is 0.304 e. The van der Waals surface area contributed by atoms with E-state index >= 15 is 0 Å². The molecule has 2 fully saturated rings. The number of β-lactam (4-membered cyclic amide) rings is 1. The predicted molar refractivity (Wildman–Crippen MR) is 158 cm³/mol. The summed E-state index contributed by atoms with van der Waals surface area (Å²) in [6, 6.07) is 12.5. The van der Waals surface area contributed by atoms with E-state index < -0.39 is 49.6 Å². The molecule has 4 aliphatic rings. The number of hydrogen-bond acceptors (Lipinski definition) is 8. The number of ether oxygens (including phenoxy) is 2. The van der Waals surface area contributed by atoms with Gasteiger partial charge in [-0.25, -0.2) is 0 Å². The average Bonchev–Trinajstić information content (AvgIpc) is 3.39. The lowest BCUT2D eigenvalue weighted by Crippen LogP contribution is -2.55. The van der Waals surface area contributed by atoms with Crippen LogP contribution in [0, 0.1) is 5.92 Å². The Bertz CT molecular complexity index is 1510. The molecule has 3 amide bonds. The zero-order valence-electron chi connectivity index (χ0n) is 24.7. The number of esters is 1. The summed E-state index contributed by atoms with van der Waals surface area (Å²) in [6.45, 7) is 6.90. The van der Waals surface area contributed by atoms with Crippen LogP contribution in [0.2, 0.25) is 18.6 Å². The number of nitrogens with one attached hydrogen (secondary N) is 1. The Morgan fingerprint density at radius 1 is 1.14 bits per heavy atom. The molecule has 0 aromatic heterocycles. The molecule has 1 spiro atoms. The molecule has 0 aliphatic carbocycles. The zero-order chi connectivity index (χ0) is 30.8. The number of aliphatic hydroxyl groups excluding tert-OH is 1. The molecule has 0 radical (unpaired) electrons. The van der Waals surface area contributed by atoms with Gasteiger partial charge in [0.15, 0.2) is 20.1 Å². The second-order valence-electron chi connectivity index (χ2n) is 12.6. The molecule has 11 nitrogen and oxygen atoms in total. The Labute approximate surface area is 250 Å². The Morgan fingerprint density at radius 3 is 2.51 bits per heavy atom. The van der Waals surface area contributed by atoms with Crippen molar-refractivity contribution in [1.82, 2.24) is 4.90 Å². The predicted octanol–water partition coefficient (Wildman–Crippen LogP) is 2.40. The van der Waals surface area contributed by atoms with Crippen molar-refractivity contribution in [3.05, 3.63) is 59.2 Å². The highest BCUT2D eigenvalue weighted by atomic mass is 28.4. The number of rotatable bonds is 6. The second kappa shape index (κ2) is 10.5. The second-order valence-corrected chi connectivity index (χ2v) is 16.6. The molecule has 0 saturated carbocycles. The van der Waals surface area contributed by atoms with E-state index in [1.165, 1.54) is 11.8 Å². The van der Waals surface area contributed by atoms with Gasteiger partial charge in [0.05, 0.1) is 31.6 Å². The summed E-state index contributed by atoms with van der Waals surface area (Å²) in [5.41, 5.74) is 1.65. The van der Waals surface area contributed by atoms with Gasteiger partial charge in [-0.1, -0.05) is 31.2 Å². The molecular weight excluding hydrogens is 570 g/mol. The minimum atomic E-state index is -3.01. The number of hydrogen-bond donors (Lipinski definition) is 3. The molecule has 4 aliphatic heterocycles. The van der Waals surface area contributed by atoms with Gasteiger partial charge in [0.2, 0.25) is 11.8 Å². The molecule has 6 rings (SSSR count). The van der Waals surface area contributed by atoms with Gasteiger partial charge >= 0.3 is 5.97 Å². The Balaban J connectivity index is 1.33. The summed E-state index contributed by atoms with van der Waals surface area (Å²) in [4.78, 5) is 66.3. The Kier molecular flexibility index (Phi) is 7.23. The molecule has 0 bridgehead atoms. The van der Waals surface area contributed by atoms with Crippen molar-refractivity contribution in [2.24, 2.45) is 5.92 Å². The van der Waals surface area contributed by atoms with Crippen LogP contribution in [0.15, 0.2) is 42.5 Å². The van der Waals surface area contributed by atoms with Gasteiger partial charge in [0.25, 0.3) is 5.91 Å². The fraction of sp³-hybridized carbons (Fsp3) is 0.484. The van der Waals surface area contributed by atoms with Crippen LogP contribution in [-0.4, -0.2) is 71.8 Å². The van der Waals surface area contributed by atoms with Gasteiger partial charge in [-0.15, -0.1) is 0 Å². The van der Waals surface area contributed by atoms with Crippen molar-refractivity contribution in [1.29, 1.82) is 0 Å². The van der Waals surface area contributed by atoms with E-state index in [4.69, 9.17) is 9.47 Å². The van der Waals surface area contributed by atoms with E-state index in [1.54, 1.807) is 36.2 Å². The molecule has 2 aromatic rings. The lowest BCUT2D eigenvalue weighted by Gasteiger charge is -2.39. The van der Waals surface area contributed by atoms with E-state index in [9.17, 15) is 29.1 Å². The normalized spacial score (nSPS) is 29.7. The summed E-state index contributed by atoms with van der Waals surface area (Å²) >= 11 is 0. The highest BCUT2D eigenvalue weighted by Gasteiger charge is 2.65. The first-order valence-corrected chi connectivity index (χ1v) is 17.7. The molecule has 228 valence electrons. The molecule has 12 heteroatoms. The third-order valence-electron chi connectivity index (χ3n) is 9.47. The Morgan fingerprint density at radius 2 is 1.86 bits per heavy atom. The summed E-state index contributed by atoms with van der Waals surface area (Å²) in [5.74, 6) is -1.83. The van der Waals surface area contributed by atoms with Gasteiger partial charge < -0.3 is 29.6 Å². The molecule has 43 heavy (non-hydrogen) atoms. The van der Waals surface area contributed by atoms with Gasteiger partial charge in [-0.2, -0.15) is 0 Å². The van der Waals surface area contributed by atoms with Crippen LogP contribution in [0.5, 0.6) is 0 Å². The molecule has 6 atom stereocenters. The topological polar surface area (TPSA) is 146 Å². The van der Waals surface area contributed by atoms with Crippen molar-refractivity contribution >= 4 is 43.4 Å². The van der Waals surface area contributed by atoms with Crippen molar-refractivity contribution in [3.8, 4) is 0 Å². The highest BCUT2D eigenvalue weighted by Crippen LogP contribution is 2.59. The number of fused-ring (bicyclic) bond motifs is 3. The van der Waals surface area contributed by atoms with Crippen LogP contribution in [0.4, 0.5) is 11.4 Å². The third-order valence-corrected chi connectivity index (χ3v) is 12.0. The third kappa shape index (κ3) is 4.76. The van der Waals surface area contributed by atoms with Crippen LogP contribution in [0.25, 0.3) is 0 Å². The maximum atomic E-state index is 13.9. The molecule has 2 saturated heterocycles. The quantitative estimate of drug-likeness (QED) is 0.258. The summed E-state index contributed by atoms with van der Waals surface area (Å²) in [6.07, 6.45) is -0.949. The molecule has 3 N–H and O–H groups in total. The summed E-state index contributed by atoms with van der Waals surface area (Å²) in [5, 5.41) is 13.1. The van der Waals surface area contributed by atoms with Crippen LogP contribution >= 0.6 is 0 Å². The van der Waals surface area contributed by atoms with Crippen LogP contribution in [0.3, 0.4) is 0 Å². The number of carbonyl (C=O) groups excluding carboxylic acids is 4. The first-order valence-electron chi connectivity index (χ1n) is 14.7. The number of nitrogens with zero attached hydrogens (tertiary/aromatic N) is 2. The van der Waals surface area contributed by atoms with Gasteiger partial charge in [0.1, 0.15) is 0 Å². The summed E-state index contributed by atoms with van der Waals surface area (Å²) < 4.78 is 12.0. The minimum absolute atomic E-state index is 0.0617. The highest BCUT2D eigenvalue weighted by molar-refractivity contribution is 6.71. The molecular formula is C31H37N3O8Si. The van der Waals surface area contributed by atoms with Crippen molar-refractivity contribution in [2.45, 2.75) is 82.3 Å². The monoisotopic (exact) mass is 607 g/mol. The number of carbonyl (C=O) groups is 4. The molecule has 2 aromatic carbocycles. The fourth-order valence-corrected chi connectivity index (χ4v) is 10.1. The molecule has 4 heterocycles. The van der Waals surface area contributed by atoms with Crippen molar-refractivity contribution < 1.29 is 38.6 Å². The standard InChI is InChI=1S/C31H37N3O8Si/c1-17-29(43(3,4)40)25(13-26(37)33-15-20-8-6-5-7-19(20)11-22(33)16-35)42-31(17)23-12-21(9-10-24(23)32-30(31)39)34-27(38)14-28(34)41-18(2)36/h5-10,12,17,22,25,28-29,35,40H,11,13-16H2,1-4H3,(H,32,39)/t17-,22+,25+,28?,29-,31+/m1/s1. The average molecular weight is 608 g/mol. The van der Waals surface area contributed by atoms with E-state index in [0.29, 0.717) is 29.9 Å². The van der Waals surface area contributed by atoms with Crippen LogP contribution in [-0.2, 0) is 47.2 Å². The number of anilines is 2. The van der Waals surface area contributed by atoms with E-state index in [2.05, 4.69) is 5.32 Å². The number of aliphatic hydroxyl groups is 1. The summed E-state index contributed by atoms with van der Waals surface area (Å²) in [7, 11) is -3.01. The van der Waals surface area contributed by atoms with Gasteiger partial charge in [0, 0.05) is 41.9 Å². The fourth-order valence-electron chi connectivity index (χ4n) is 7.55. The zero-order valence-corrected chi connectivity index (χ0v) is 25.7. The number of benzene rings is 2. The van der Waals surface area contributed by atoms with Crippen LogP contribution in [0.1, 0.15) is 43.4 Å². The Hall–Kier alpha value is -3.58.